The zero-order valence-corrected chi connectivity index (χ0v) is 14.7. The number of nitrogens with one attached hydrogen (secondary N) is 1. The molecule has 2 aromatic heterocycles. The summed E-state index contributed by atoms with van der Waals surface area (Å²) in [6, 6.07) is 20.2. The zero-order valence-electron chi connectivity index (χ0n) is 14.7. The molecule has 0 saturated carbocycles. The Kier molecular flexibility index (Phi) is 4.15. The van der Waals surface area contributed by atoms with E-state index in [1.165, 1.54) is 0 Å². The molecule has 0 fully saturated rings. The lowest BCUT2D eigenvalue weighted by molar-refractivity contribution is 0.102. The molecule has 5 heteroatoms. The molecule has 0 radical (unpaired) electrons. The number of anilines is 1. The molecule has 0 aliphatic heterocycles. The molecule has 2 aromatic carbocycles. The lowest BCUT2D eigenvalue weighted by atomic mass is 10.1. The van der Waals surface area contributed by atoms with Crippen LogP contribution in [0.1, 0.15) is 21.5 Å². The van der Waals surface area contributed by atoms with Crippen molar-refractivity contribution in [1.82, 2.24) is 9.38 Å². The van der Waals surface area contributed by atoms with E-state index in [-0.39, 0.29) is 5.91 Å². The van der Waals surface area contributed by atoms with Gasteiger partial charge in [0.25, 0.3) is 5.91 Å². The highest BCUT2D eigenvalue weighted by Crippen LogP contribution is 2.28. The average Bonchev–Trinajstić information content (AvgIpc) is 3.14. The summed E-state index contributed by atoms with van der Waals surface area (Å²) in [6.45, 7) is 2.02. The van der Waals surface area contributed by atoms with E-state index in [2.05, 4.69) is 11.4 Å². The molecule has 2 heterocycles. The number of carbonyl (C=O) groups is 1. The van der Waals surface area contributed by atoms with Crippen LogP contribution in [0.4, 0.5) is 5.69 Å². The van der Waals surface area contributed by atoms with Gasteiger partial charge in [-0.15, -0.1) is 0 Å². The molecule has 1 amide bonds. The molecule has 1 N–H and O–H groups in total. The Labute approximate surface area is 156 Å². The van der Waals surface area contributed by atoms with Gasteiger partial charge in [0, 0.05) is 23.5 Å². The fourth-order valence-electron chi connectivity index (χ4n) is 3.02. The molecule has 0 aliphatic rings. The van der Waals surface area contributed by atoms with E-state index >= 15 is 0 Å². The Balaban J connectivity index is 1.71. The zero-order chi connectivity index (χ0) is 18.8. The van der Waals surface area contributed by atoms with E-state index in [1.807, 2.05) is 60.1 Å². The first-order valence-electron chi connectivity index (χ1n) is 8.51. The molecule has 0 saturated heterocycles. The van der Waals surface area contributed by atoms with E-state index in [0.717, 1.165) is 22.5 Å². The molecule has 0 spiro atoms. The van der Waals surface area contributed by atoms with Gasteiger partial charge >= 0.3 is 0 Å². The van der Waals surface area contributed by atoms with E-state index in [0.29, 0.717) is 16.8 Å². The summed E-state index contributed by atoms with van der Waals surface area (Å²) < 4.78 is 1.97. The number of aromatic nitrogens is 2. The van der Waals surface area contributed by atoms with E-state index < -0.39 is 0 Å². The Morgan fingerprint density at radius 3 is 2.78 bits per heavy atom. The van der Waals surface area contributed by atoms with Crippen LogP contribution < -0.4 is 5.32 Å². The van der Waals surface area contributed by atoms with Crippen molar-refractivity contribution < 1.29 is 4.79 Å². The fraction of sp³-hybridized carbons (Fsp3) is 0.0455. The second kappa shape index (κ2) is 6.77. The summed E-state index contributed by atoms with van der Waals surface area (Å²) in [6.07, 6.45) is 3.90. The van der Waals surface area contributed by atoms with Gasteiger partial charge in [-0.05, 0) is 42.8 Å². The minimum absolute atomic E-state index is 0.264. The van der Waals surface area contributed by atoms with E-state index in [4.69, 9.17) is 10.2 Å². The van der Waals surface area contributed by atoms with Crippen molar-refractivity contribution in [2.45, 2.75) is 6.92 Å². The van der Waals surface area contributed by atoms with Crippen molar-refractivity contribution in [3.63, 3.8) is 0 Å². The summed E-state index contributed by atoms with van der Waals surface area (Å²) in [5.74, 6) is -0.264. The number of nitrogens with zero attached hydrogens (tertiary/aromatic N) is 3. The number of para-hydroxylation sites is 1. The maximum Gasteiger partial charge on any atom is 0.255 e. The molecule has 4 rings (SSSR count). The van der Waals surface area contributed by atoms with Crippen molar-refractivity contribution in [3.05, 3.63) is 89.7 Å². The maximum atomic E-state index is 12.6. The van der Waals surface area contributed by atoms with Crippen molar-refractivity contribution in [2.24, 2.45) is 0 Å². The van der Waals surface area contributed by atoms with Crippen LogP contribution in [-0.2, 0) is 0 Å². The van der Waals surface area contributed by atoms with Gasteiger partial charge in [-0.2, -0.15) is 5.26 Å². The summed E-state index contributed by atoms with van der Waals surface area (Å²) >= 11 is 0. The largest absolute Gasteiger partial charge is 0.321 e. The van der Waals surface area contributed by atoms with Gasteiger partial charge in [0.1, 0.15) is 5.65 Å². The van der Waals surface area contributed by atoms with Crippen molar-refractivity contribution >= 4 is 17.2 Å². The number of hydrogen-bond acceptors (Lipinski definition) is 3. The molecule has 130 valence electrons. The molecule has 5 nitrogen and oxygen atoms in total. The normalized spacial score (nSPS) is 10.5. The van der Waals surface area contributed by atoms with Crippen LogP contribution in [-0.4, -0.2) is 15.3 Å². The first-order chi connectivity index (χ1) is 13.2. The maximum absolute atomic E-state index is 12.6. The molecule has 0 atom stereocenters. The van der Waals surface area contributed by atoms with Crippen LogP contribution in [0.5, 0.6) is 0 Å². The monoisotopic (exact) mass is 352 g/mol. The SMILES string of the molecule is Cc1cccn2cc(-c3ccccc3NC(=O)c3cccc(C#N)c3)nc12. The standard InChI is InChI=1S/C22H16N4O/c1-15-6-5-11-26-14-20(24-21(15)26)18-9-2-3-10-19(18)25-22(27)17-8-4-7-16(12-17)13-23/h2-12,14H,1H3,(H,25,27). The van der Waals surface area contributed by atoms with Crippen LogP contribution >= 0.6 is 0 Å². The number of amides is 1. The molecular formula is C22H16N4O. The van der Waals surface area contributed by atoms with Gasteiger partial charge in [0.15, 0.2) is 0 Å². The highest BCUT2D eigenvalue weighted by Gasteiger charge is 2.13. The van der Waals surface area contributed by atoms with Gasteiger partial charge < -0.3 is 9.72 Å². The van der Waals surface area contributed by atoms with Crippen LogP contribution in [0.2, 0.25) is 0 Å². The molecule has 0 unspecified atom stereocenters. The average molecular weight is 352 g/mol. The van der Waals surface area contributed by atoms with Gasteiger partial charge in [-0.1, -0.05) is 30.3 Å². The number of imidazole rings is 1. The Morgan fingerprint density at radius 2 is 1.96 bits per heavy atom. The molecule has 27 heavy (non-hydrogen) atoms. The van der Waals surface area contributed by atoms with Crippen molar-refractivity contribution in [3.8, 4) is 17.3 Å². The number of pyridine rings is 1. The third-order valence-corrected chi connectivity index (χ3v) is 4.38. The van der Waals surface area contributed by atoms with Crippen LogP contribution in [0.15, 0.2) is 73.1 Å². The van der Waals surface area contributed by atoms with E-state index in [1.54, 1.807) is 24.3 Å². The minimum Gasteiger partial charge on any atom is -0.321 e. The Morgan fingerprint density at radius 1 is 1.11 bits per heavy atom. The highest BCUT2D eigenvalue weighted by atomic mass is 16.1. The van der Waals surface area contributed by atoms with Crippen LogP contribution in [0.3, 0.4) is 0 Å². The number of aryl methyl sites for hydroxylation is 1. The molecule has 0 bridgehead atoms. The lowest BCUT2D eigenvalue weighted by Crippen LogP contribution is -2.12. The molecule has 0 aliphatic carbocycles. The summed E-state index contributed by atoms with van der Waals surface area (Å²) in [4.78, 5) is 17.4. The second-order valence-corrected chi connectivity index (χ2v) is 6.24. The number of benzene rings is 2. The topological polar surface area (TPSA) is 70.2 Å². The first kappa shape index (κ1) is 16.6. The number of nitriles is 1. The molecular weight excluding hydrogens is 336 g/mol. The smallest absolute Gasteiger partial charge is 0.255 e. The summed E-state index contributed by atoms with van der Waals surface area (Å²) in [7, 11) is 0. The van der Waals surface area contributed by atoms with Crippen LogP contribution in [0.25, 0.3) is 16.9 Å². The number of carbonyl (C=O) groups excluding carboxylic acids is 1. The van der Waals surface area contributed by atoms with Crippen LogP contribution in [0, 0.1) is 18.3 Å². The fourth-order valence-corrected chi connectivity index (χ4v) is 3.02. The third kappa shape index (κ3) is 3.16. The Bertz CT molecular complexity index is 1200. The number of rotatable bonds is 3. The first-order valence-corrected chi connectivity index (χ1v) is 8.51. The van der Waals surface area contributed by atoms with Crippen molar-refractivity contribution in [2.75, 3.05) is 5.32 Å². The van der Waals surface area contributed by atoms with E-state index in [9.17, 15) is 4.79 Å². The summed E-state index contributed by atoms with van der Waals surface area (Å²) in [5, 5.41) is 12.0. The number of fused-ring (bicyclic) bond motifs is 1. The predicted molar refractivity (Wildman–Crippen MR) is 104 cm³/mol. The third-order valence-electron chi connectivity index (χ3n) is 4.38. The summed E-state index contributed by atoms with van der Waals surface area (Å²) in [5.41, 5.74) is 5.15. The number of hydrogen-bond donors (Lipinski definition) is 1. The predicted octanol–water partition coefficient (Wildman–Crippen LogP) is 4.43. The lowest BCUT2D eigenvalue weighted by Gasteiger charge is -2.09. The van der Waals surface area contributed by atoms with Gasteiger partial charge in [-0.25, -0.2) is 4.98 Å². The minimum atomic E-state index is -0.264. The highest BCUT2D eigenvalue weighted by molar-refractivity contribution is 6.06. The quantitative estimate of drug-likeness (QED) is 0.593. The second-order valence-electron chi connectivity index (χ2n) is 6.24. The van der Waals surface area contributed by atoms with Crippen molar-refractivity contribution in [1.29, 1.82) is 5.26 Å². The van der Waals surface area contributed by atoms with Gasteiger partial charge in [0.2, 0.25) is 0 Å². The Hall–Kier alpha value is -3.91. The van der Waals surface area contributed by atoms with Gasteiger partial charge in [-0.3, -0.25) is 4.79 Å². The molecule has 4 aromatic rings. The van der Waals surface area contributed by atoms with Gasteiger partial charge in [0.05, 0.1) is 23.0 Å².